The molecule has 0 aromatic carbocycles. The van der Waals surface area contributed by atoms with E-state index in [0.29, 0.717) is 12.1 Å². The van der Waals surface area contributed by atoms with Crippen molar-refractivity contribution in [2.45, 2.75) is 31.9 Å². The second kappa shape index (κ2) is 4.40. The largest absolute Gasteiger partial charge is 0.377 e. The molecule has 0 aromatic heterocycles. The SMILES string of the molecule is C[C@@H]1CNCCN1C[C@@H]1CCCO1. The molecular formula is C10H20N2O. The van der Waals surface area contributed by atoms with E-state index in [-0.39, 0.29) is 0 Å². The number of rotatable bonds is 2. The number of piperazine rings is 1. The van der Waals surface area contributed by atoms with Crippen LogP contribution in [0, 0.1) is 0 Å². The van der Waals surface area contributed by atoms with Crippen molar-refractivity contribution in [3.63, 3.8) is 0 Å². The Morgan fingerprint density at radius 1 is 1.54 bits per heavy atom. The third-order valence-corrected chi connectivity index (χ3v) is 3.10. The van der Waals surface area contributed by atoms with Crippen LogP contribution < -0.4 is 5.32 Å². The number of nitrogens with one attached hydrogen (secondary N) is 1. The van der Waals surface area contributed by atoms with Gasteiger partial charge in [-0.1, -0.05) is 0 Å². The van der Waals surface area contributed by atoms with Crippen LogP contribution in [0.1, 0.15) is 19.8 Å². The molecule has 2 aliphatic heterocycles. The summed E-state index contributed by atoms with van der Waals surface area (Å²) in [7, 11) is 0. The Hall–Kier alpha value is -0.120. The molecule has 1 N–H and O–H groups in total. The molecule has 0 aromatic rings. The van der Waals surface area contributed by atoms with Crippen LogP contribution in [0.25, 0.3) is 0 Å². The third-order valence-electron chi connectivity index (χ3n) is 3.10. The lowest BCUT2D eigenvalue weighted by molar-refractivity contribution is 0.0526. The maximum atomic E-state index is 5.64. The van der Waals surface area contributed by atoms with Crippen molar-refractivity contribution in [1.82, 2.24) is 10.2 Å². The van der Waals surface area contributed by atoms with Crippen LogP contribution in [0.15, 0.2) is 0 Å². The molecule has 0 saturated carbocycles. The van der Waals surface area contributed by atoms with Crippen molar-refractivity contribution in [3.05, 3.63) is 0 Å². The average molecular weight is 184 g/mol. The Balaban J connectivity index is 1.78. The molecular weight excluding hydrogens is 164 g/mol. The zero-order valence-electron chi connectivity index (χ0n) is 8.46. The fraction of sp³-hybridized carbons (Fsp3) is 1.00. The Labute approximate surface area is 80.4 Å². The lowest BCUT2D eigenvalue weighted by atomic mass is 10.1. The van der Waals surface area contributed by atoms with Crippen molar-refractivity contribution >= 4 is 0 Å². The average Bonchev–Trinajstić information content (AvgIpc) is 2.61. The van der Waals surface area contributed by atoms with Gasteiger partial charge in [-0.2, -0.15) is 0 Å². The zero-order valence-corrected chi connectivity index (χ0v) is 8.46. The molecule has 2 fully saturated rings. The first-order valence-corrected chi connectivity index (χ1v) is 5.42. The molecule has 0 unspecified atom stereocenters. The van der Waals surface area contributed by atoms with Crippen molar-refractivity contribution in [3.8, 4) is 0 Å². The van der Waals surface area contributed by atoms with Gasteiger partial charge < -0.3 is 10.1 Å². The van der Waals surface area contributed by atoms with E-state index in [0.717, 1.165) is 26.2 Å². The summed E-state index contributed by atoms with van der Waals surface area (Å²) in [4.78, 5) is 2.55. The molecule has 2 atom stereocenters. The molecule has 3 heteroatoms. The summed E-state index contributed by atoms with van der Waals surface area (Å²) in [6.45, 7) is 7.86. The first kappa shape index (κ1) is 9.44. The highest BCUT2D eigenvalue weighted by Gasteiger charge is 2.23. The van der Waals surface area contributed by atoms with Gasteiger partial charge in [0.25, 0.3) is 0 Å². The number of nitrogens with zero attached hydrogens (tertiary/aromatic N) is 1. The van der Waals surface area contributed by atoms with Crippen molar-refractivity contribution in [1.29, 1.82) is 0 Å². The highest BCUT2D eigenvalue weighted by atomic mass is 16.5. The van der Waals surface area contributed by atoms with Crippen LogP contribution >= 0.6 is 0 Å². The van der Waals surface area contributed by atoms with Crippen molar-refractivity contribution in [2.75, 3.05) is 32.8 Å². The van der Waals surface area contributed by atoms with Gasteiger partial charge in [0.1, 0.15) is 0 Å². The van der Waals surface area contributed by atoms with E-state index < -0.39 is 0 Å². The Kier molecular flexibility index (Phi) is 3.19. The van der Waals surface area contributed by atoms with Gasteiger partial charge in [0.15, 0.2) is 0 Å². The summed E-state index contributed by atoms with van der Waals surface area (Å²) in [5.74, 6) is 0. The highest BCUT2D eigenvalue weighted by molar-refractivity contribution is 4.79. The molecule has 3 nitrogen and oxygen atoms in total. The van der Waals surface area contributed by atoms with E-state index in [1.165, 1.54) is 19.4 Å². The van der Waals surface area contributed by atoms with Gasteiger partial charge in [-0.25, -0.2) is 0 Å². The van der Waals surface area contributed by atoms with Crippen LogP contribution in [-0.2, 0) is 4.74 Å². The lowest BCUT2D eigenvalue weighted by Crippen LogP contribution is -2.51. The monoisotopic (exact) mass is 184 g/mol. The lowest BCUT2D eigenvalue weighted by Gasteiger charge is -2.35. The quantitative estimate of drug-likeness (QED) is 0.675. The minimum atomic E-state index is 0.514. The van der Waals surface area contributed by atoms with E-state index in [4.69, 9.17) is 4.74 Å². The molecule has 13 heavy (non-hydrogen) atoms. The molecule has 0 bridgehead atoms. The summed E-state index contributed by atoms with van der Waals surface area (Å²) in [5, 5.41) is 3.41. The molecule has 76 valence electrons. The fourth-order valence-corrected chi connectivity index (χ4v) is 2.20. The smallest absolute Gasteiger partial charge is 0.0702 e. The van der Waals surface area contributed by atoms with Gasteiger partial charge in [-0.3, -0.25) is 4.90 Å². The first-order valence-electron chi connectivity index (χ1n) is 5.42. The van der Waals surface area contributed by atoms with Crippen LogP contribution in [0.2, 0.25) is 0 Å². The standard InChI is InChI=1S/C10H20N2O/c1-9-7-11-4-5-12(9)8-10-3-2-6-13-10/h9-11H,2-8H2,1H3/t9-,10+/m1/s1. The number of hydrogen-bond donors (Lipinski definition) is 1. The van der Waals surface area contributed by atoms with Gasteiger partial charge in [0.05, 0.1) is 6.10 Å². The molecule has 2 aliphatic rings. The van der Waals surface area contributed by atoms with Gasteiger partial charge in [0.2, 0.25) is 0 Å². The maximum absolute atomic E-state index is 5.64. The van der Waals surface area contributed by atoms with Crippen LogP contribution in [0.3, 0.4) is 0 Å². The van der Waals surface area contributed by atoms with Crippen molar-refractivity contribution < 1.29 is 4.74 Å². The van der Waals surface area contributed by atoms with Crippen LogP contribution in [-0.4, -0.2) is 49.8 Å². The molecule has 0 spiro atoms. The number of ether oxygens (including phenoxy) is 1. The van der Waals surface area contributed by atoms with Gasteiger partial charge in [-0.05, 0) is 19.8 Å². The predicted molar refractivity (Wildman–Crippen MR) is 52.9 cm³/mol. The molecule has 2 saturated heterocycles. The van der Waals surface area contributed by atoms with Gasteiger partial charge >= 0.3 is 0 Å². The van der Waals surface area contributed by atoms with Crippen molar-refractivity contribution in [2.24, 2.45) is 0 Å². The number of hydrogen-bond acceptors (Lipinski definition) is 3. The van der Waals surface area contributed by atoms with Gasteiger partial charge in [-0.15, -0.1) is 0 Å². The summed E-state index contributed by atoms with van der Waals surface area (Å²) in [6, 6.07) is 0.679. The summed E-state index contributed by atoms with van der Waals surface area (Å²) < 4.78 is 5.64. The molecule has 2 rings (SSSR count). The van der Waals surface area contributed by atoms with E-state index >= 15 is 0 Å². The summed E-state index contributed by atoms with van der Waals surface area (Å²) >= 11 is 0. The second-order valence-electron chi connectivity index (χ2n) is 4.18. The second-order valence-corrected chi connectivity index (χ2v) is 4.18. The molecule has 0 amide bonds. The summed E-state index contributed by atoms with van der Waals surface area (Å²) in [5.41, 5.74) is 0. The van der Waals surface area contributed by atoms with Crippen LogP contribution in [0.4, 0.5) is 0 Å². The minimum absolute atomic E-state index is 0.514. The molecule has 0 radical (unpaired) electrons. The Morgan fingerprint density at radius 2 is 2.46 bits per heavy atom. The predicted octanol–water partition coefficient (Wildman–Crippen LogP) is 0.459. The topological polar surface area (TPSA) is 24.5 Å². The fourth-order valence-electron chi connectivity index (χ4n) is 2.20. The third kappa shape index (κ3) is 2.42. The summed E-state index contributed by atoms with van der Waals surface area (Å²) in [6.07, 6.45) is 3.03. The minimum Gasteiger partial charge on any atom is -0.377 e. The molecule has 0 aliphatic carbocycles. The Morgan fingerprint density at radius 3 is 3.15 bits per heavy atom. The highest BCUT2D eigenvalue weighted by Crippen LogP contribution is 2.15. The van der Waals surface area contributed by atoms with E-state index in [9.17, 15) is 0 Å². The first-order chi connectivity index (χ1) is 6.36. The normalized spacial score (nSPS) is 36.7. The molecule has 2 heterocycles. The van der Waals surface area contributed by atoms with E-state index in [2.05, 4.69) is 17.1 Å². The van der Waals surface area contributed by atoms with Gasteiger partial charge in [0, 0.05) is 38.8 Å². The maximum Gasteiger partial charge on any atom is 0.0702 e. The van der Waals surface area contributed by atoms with E-state index in [1.54, 1.807) is 0 Å². The Bertz CT molecular complexity index is 157. The zero-order chi connectivity index (χ0) is 9.10. The van der Waals surface area contributed by atoms with E-state index in [1.807, 2.05) is 0 Å². The van der Waals surface area contributed by atoms with Crippen LogP contribution in [0.5, 0.6) is 0 Å².